The summed E-state index contributed by atoms with van der Waals surface area (Å²) in [6.45, 7) is 8.87. The van der Waals surface area contributed by atoms with Gasteiger partial charge in [0.1, 0.15) is 0 Å². The van der Waals surface area contributed by atoms with E-state index in [1.54, 1.807) is 7.11 Å². The molecule has 0 aliphatic heterocycles. The predicted octanol–water partition coefficient (Wildman–Crippen LogP) is 1.42. The maximum atomic E-state index is 5.66. The summed E-state index contributed by atoms with van der Waals surface area (Å²) in [6, 6.07) is 0.254. The topological polar surface area (TPSA) is 30.5 Å². The Morgan fingerprint density at radius 2 is 1.85 bits per heavy atom. The summed E-state index contributed by atoms with van der Waals surface area (Å²) in [5.41, 5.74) is -0.0808. The third-order valence-electron chi connectivity index (χ3n) is 2.01. The molecule has 0 spiro atoms. The van der Waals surface area contributed by atoms with Crippen molar-refractivity contribution >= 4 is 0 Å². The largest absolute Gasteiger partial charge is 0.380 e. The summed E-state index contributed by atoms with van der Waals surface area (Å²) >= 11 is 0. The molecule has 0 saturated carbocycles. The Bertz CT molecular complexity index is 131. The van der Waals surface area contributed by atoms with Crippen LogP contribution in [-0.2, 0) is 9.47 Å². The number of hydrogen-bond donors (Lipinski definition) is 1. The molecule has 0 aliphatic carbocycles. The maximum absolute atomic E-state index is 5.66. The number of hydrogen-bond acceptors (Lipinski definition) is 3. The second-order valence-corrected chi connectivity index (χ2v) is 4.26. The van der Waals surface area contributed by atoms with E-state index in [-0.39, 0.29) is 17.7 Å². The fourth-order valence-electron chi connectivity index (χ4n) is 0.958. The molecule has 0 rings (SSSR count). The van der Waals surface area contributed by atoms with Crippen LogP contribution in [-0.4, -0.2) is 38.5 Å². The van der Waals surface area contributed by atoms with Gasteiger partial charge in [-0.05, 0) is 34.7 Å². The number of ether oxygens (including phenoxy) is 2. The van der Waals surface area contributed by atoms with Crippen LogP contribution in [0, 0.1) is 0 Å². The van der Waals surface area contributed by atoms with Gasteiger partial charge in [0.2, 0.25) is 0 Å². The molecule has 0 amide bonds. The lowest BCUT2D eigenvalue weighted by atomic mass is 10.1. The van der Waals surface area contributed by atoms with Crippen molar-refractivity contribution in [2.45, 2.75) is 45.4 Å². The van der Waals surface area contributed by atoms with Gasteiger partial charge in [-0.3, -0.25) is 0 Å². The Morgan fingerprint density at radius 3 is 2.15 bits per heavy atom. The van der Waals surface area contributed by atoms with Gasteiger partial charge < -0.3 is 14.8 Å². The fraction of sp³-hybridized carbons (Fsp3) is 1.00. The van der Waals surface area contributed by atoms with Crippen molar-refractivity contribution in [2.75, 3.05) is 20.8 Å². The van der Waals surface area contributed by atoms with E-state index in [0.29, 0.717) is 6.61 Å². The van der Waals surface area contributed by atoms with Crippen LogP contribution < -0.4 is 5.32 Å². The Hall–Kier alpha value is -0.120. The summed E-state index contributed by atoms with van der Waals surface area (Å²) in [4.78, 5) is 0. The minimum Gasteiger partial charge on any atom is -0.380 e. The Morgan fingerprint density at radius 1 is 1.31 bits per heavy atom. The van der Waals surface area contributed by atoms with Gasteiger partial charge in [0.05, 0.1) is 24.4 Å². The van der Waals surface area contributed by atoms with Crippen molar-refractivity contribution in [1.82, 2.24) is 5.32 Å². The van der Waals surface area contributed by atoms with Crippen LogP contribution in [0.3, 0.4) is 0 Å². The minimum absolute atomic E-state index is 0.0808. The first kappa shape index (κ1) is 12.9. The predicted molar refractivity (Wildman–Crippen MR) is 55.0 cm³/mol. The van der Waals surface area contributed by atoms with Gasteiger partial charge in [0, 0.05) is 7.11 Å². The molecule has 0 aromatic rings. The van der Waals surface area contributed by atoms with Crippen LogP contribution in [0.5, 0.6) is 0 Å². The molecule has 0 heterocycles. The summed E-state index contributed by atoms with van der Waals surface area (Å²) in [7, 11) is 3.64. The minimum atomic E-state index is -0.0808. The second kappa shape index (κ2) is 5.58. The highest BCUT2D eigenvalue weighted by atomic mass is 16.5. The van der Waals surface area contributed by atoms with Gasteiger partial charge in [-0.2, -0.15) is 0 Å². The number of nitrogens with one attached hydrogen (secondary N) is 1. The zero-order valence-electron chi connectivity index (χ0n) is 9.68. The van der Waals surface area contributed by atoms with E-state index in [1.165, 1.54) is 0 Å². The standard InChI is InChI=1S/C10H23NO2/c1-8(12-6)9(11-5)7-13-10(2,3)4/h8-9,11H,7H2,1-6H3. The maximum Gasteiger partial charge on any atom is 0.0718 e. The van der Waals surface area contributed by atoms with Gasteiger partial charge in [-0.15, -0.1) is 0 Å². The molecule has 80 valence electrons. The van der Waals surface area contributed by atoms with E-state index in [4.69, 9.17) is 9.47 Å². The second-order valence-electron chi connectivity index (χ2n) is 4.26. The van der Waals surface area contributed by atoms with E-state index >= 15 is 0 Å². The van der Waals surface area contributed by atoms with Crippen molar-refractivity contribution in [2.24, 2.45) is 0 Å². The molecule has 0 aromatic heterocycles. The van der Waals surface area contributed by atoms with Gasteiger partial charge in [0.15, 0.2) is 0 Å². The van der Waals surface area contributed by atoms with E-state index in [1.807, 2.05) is 14.0 Å². The van der Waals surface area contributed by atoms with Crippen molar-refractivity contribution < 1.29 is 9.47 Å². The number of methoxy groups -OCH3 is 1. The highest BCUT2D eigenvalue weighted by molar-refractivity contribution is 4.73. The summed E-state index contributed by atoms with van der Waals surface area (Å²) < 4.78 is 10.9. The van der Waals surface area contributed by atoms with Crippen LogP contribution in [0.4, 0.5) is 0 Å². The molecule has 3 nitrogen and oxygen atoms in total. The first-order valence-corrected chi connectivity index (χ1v) is 4.74. The number of rotatable bonds is 5. The molecular formula is C10H23NO2. The average Bonchev–Trinajstić information content (AvgIpc) is 2.03. The van der Waals surface area contributed by atoms with Crippen LogP contribution in [0.15, 0.2) is 0 Å². The van der Waals surface area contributed by atoms with Crippen LogP contribution in [0.2, 0.25) is 0 Å². The lowest BCUT2D eigenvalue weighted by Crippen LogP contribution is -2.42. The van der Waals surface area contributed by atoms with Crippen molar-refractivity contribution in [3.8, 4) is 0 Å². The molecule has 0 aromatic carbocycles. The van der Waals surface area contributed by atoms with Crippen LogP contribution in [0.25, 0.3) is 0 Å². The average molecular weight is 189 g/mol. The lowest BCUT2D eigenvalue weighted by molar-refractivity contribution is -0.0376. The van der Waals surface area contributed by atoms with Crippen LogP contribution in [0.1, 0.15) is 27.7 Å². The molecule has 0 radical (unpaired) electrons. The van der Waals surface area contributed by atoms with E-state index in [2.05, 4.69) is 26.1 Å². The van der Waals surface area contributed by atoms with Gasteiger partial charge in [-0.1, -0.05) is 0 Å². The first-order valence-electron chi connectivity index (χ1n) is 4.74. The summed E-state index contributed by atoms with van der Waals surface area (Å²) in [5.74, 6) is 0. The van der Waals surface area contributed by atoms with E-state index in [9.17, 15) is 0 Å². The Labute approximate surface area is 81.8 Å². The normalized spacial score (nSPS) is 17.1. The SMILES string of the molecule is CNC(COC(C)(C)C)C(C)OC. The molecule has 0 fully saturated rings. The molecular weight excluding hydrogens is 166 g/mol. The van der Waals surface area contributed by atoms with Crippen molar-refractivity contribution in [3.05, 3.63) is 0 Å². The fourth-order valence-corrected chi connectivity index (χ4v) is 0.958. The molecule has 1 N–H and O–H groups in total. The summed E-state index contributed by atoms with van der Waals surface area (Å²) in [5, 5.41) is 3.18. The number of likely N-dealkylation sites (N-methyl/N-ethyl adjacent to an activating group) is 1. The van der Waals surface area contributed by atoms with Crippen molar-refractivity contribution in [1.29, 1.82) is 0 Å². The van der Waals surface area contributed by atoms with Gasteiger partial charge >= 0.3 is 0 Å². The molecule has 0 aliphatic rings. The smallest absolute Gasteiger partial charge is 0.0718 e. The summed E-state index contributed by atoms with van der Waals surface area (Å²) in [6.07, 6.45) is 0.173. The highest BCUT2D eigenvalue weighted by Crippen LogP contribution is 2.08. The monoisotopic (exact) mass is 189 g/mol. The Kier molecular flexibility index (Phi) is 5.53. The van der Waals surface area contributed by atoms with E-state index < -0.39 is 0 Å². The molecule has 0 saturated heterocycles. The third-order valence-corrected chi connectivity index (χ3v) is 2.01. The Balaban J connectivity index is 3.85. The highest BCUT2D eigenvalue weighted by Gasteiger charge is 2.18. The van der Waals surface area contributed by atoms with Crippen LogP contribution >= 0.6 is 0 Å². The first-order chi connectivity index (χ1) is 5.90. The molecule has 3 heteroatoms. The third kappa shape index (κ3) is 6.02. The zero-order chi connectivity index (χ0) is 10.5. The molecule has 2 atom stereocenters. The molecule has 0 bridgehead atoms. The van der Waals surface area contributed by atoms with Gasteiger partial charge in [0.25, 0.3) is 0 Å². The molecule has 2 unspecified atom stereocenters. The lowest BCUT2D eigenvalue weighted by Gasteiger charge is -2.27. The quantitative estimate of drug-likeness (QED) is 0.709. The van der Waals surface area contributed by atoms with Gasteiger partial charge in [-0.25, -0.2) is 0 Å². The zero-order valence-corrected chi connectivity index (χ0v) is 9.68. The van der Waals surface area contributed by atoms with E-state index in [0.717, 1.165) is 0 Å². The van der Waals surface area contributed by atoms with Crippen molar-refractivity contribution in [3.63, 3.8) is 0 Å². The molecule has 13 heavy (non-hydrogen) atoms.